The summed E-state index contributed by atoms with van der Waals surface area (Å²) >= 11 is 6.52. The van der Waals surface area contributed by atoms with Crippen molar-refractivity contribution in [3.8, 4) is 17.1 Å². The fraction of sp³-hybridized carbons (Fsp3) is 0.0625. The third-order valence-corrected chi connectivity index (χ3v) is 5.65. The Kier molecular flexibility index (Phi) is 3.43. The molecule has 0 radical (unpaired) electrons. The van der Waals surface area contributed by atoms with Crippen molar-refractivity contribution < 1.29 is 9.52 Å². The topological polar surface area (TPSA) is 51.2 Å². The van der Waals surface area contributed by atoms with Crippen molar-refractivity contribution >= 4 is 35.9 Å². The van der Waals surface area contributed by atoms with Gasteiger partial charge in [-0.3, -0.25) is 0 Å². The summed E-state index contributed by atoms with van der Waals surface area (Å²) in [6, 6.07) is 13.3. The van der Waals surface area contributed by atoms with Gasteiger partial charge >= 0.3 is 137 Å². The van der Waals surface area contributed by atoms with E-state index in [9.17, 15) is 0 Å². The summed E-state index contributed by atoms with van der Waals surface area (Å²) in [5.74, 6) is 1.21. The van der Waals surface area contributed by atoms with E-state index in [2.05, 4.69) is 11.0 Å². The van der Waals surface area contributed by atoms with Gasteiger partial charge in [0.25, 0.3) is 0 Å². The predicted molar refractivity (Wildman–Crippen MR) is 86.6 cm³/mol. The molecule has 4 nitrogen and oxygen atoms in total. The van der Waals surface area contributed by atoms with Gasteiger partial charge in [0.15, 0.2) is 0 Å². The maximum absolute atomic E-state index is 9.17. The SMILES string of the molecule is OCc1ccc(-c2nn(-c3ccccc3Cl)c3cc[se]c23)o1. The third-order valence-electron chi connectivity index (χ3n) is 3.42. The summed E-state index contributed by atoms with van der Waals surface area (Å²) in [7, 11) is 0. The Balaban J connectivity index is 1.95. The Bertz CT molecular complexity index is 954. The Hall–Kier alpha value is -1.78. The van der Waals surface area contributed by atoms with Gasteiger partial charge in [0.2, 0.25) is 0 Å². The molecule has 0 saturated carbocycles. The molecule has 0 bridgehead atoms. The minimum absolute atomic E-state index is 0.114. The van der Waals surface area contributed by atoms with Gasteiger partial charge in [-0.1, -0.05) is 0 Å². The number of halogens is 1. The van der Waals surface area contributed by atoms with Gasteiger partial charge in [-0.2, -0.15) is 0 Å². The molecular formula is C16H11ClN2O2Se. The monoisotopic (exact) mass is 378 g/mol. The first-order valence-corrected chi connectivity index (χ1v) is 8.91. The average molecular weight is 378 g/mol. The van der Waals surface area contributed by atoms with E-state index in [0.29, 0.717) is 16.5 Å². The number of furan rings is 1. The van der Waals surface area contributed by atoms with Crippen molar-refractivity contribution in [1.29, 1.82) is 0 Å². The number of benzene rings is 1. The van der Waals surface area contributed by atoms with Crippen LogP contribution in [0.5, 0.6) is 0 Å². The van der Waals surface area contributed by atoms with E-state index in [4.69, 9.17) is 26.2 Å². The number of rotatable bonds is 3. The molecule has 4 rings (SSSR count). The molecule has 0 saturated heterocycles. The van der Waals surface area contributed by atoms with Crippen molar-refractivity contribution in [1.82, 2.24) is 9.78 Å². The average Bonchev–Trinajstić information content (AvgIpc) is 3.23. The van der Waals surface area contributed by atoms with Crippen LogP contribution in [-0.2, 0) is 6.61 Å². The summed E-state index contributed by atoms with van der Waals surface area (Å²) in [6.45, 7) is -0.114. The summed E-state index contributed by atoms with van der Waals surface area (Å²) in [6.07, 6.45) is 0. The predicted octanol–water partition coefficient (Wildman–Crippen LogP) is 3.49. The van der Waals surface area contributed by atoms with Gasteiger partial charge in [-0.25, -0.2) is 0 Å². The number of hydrogen-bond donors (Lipinski definition) is 1. The Morgan fingerprint density at radius 1 is 1.18 bits per heavy atom. The van der Waals surface area contributed by atoms with Gasteiger partial charge in [0.1, 0.15) is 0 Å². The molecule has 0 unspecified atom stereocenters. The van der Waals surface area contributed by atoms with Crippen LogP contribution >= 0.6 is 11.6 Å². The van der Waals surface area contributed by atoms with E-state index in [1.165, 1.54) is 4.26 Å². The summed E-state index contributed by atoms with van der Waals surface area (Å²) in [5.41, 5.74) is 2.72. The Morgan fingerprint density at radius 2 is 2.05 bits per heavy atom. The van der Waals surface area contributed by atoms with E-state index < -0.39 is 0 Å². The van der Waals surface area contributed by atoms with Gasteiger partial charge in [-0.05, 0) is 0 Å². The molecule has 0 amide bonds. The zero-order valence-corrected chi connectivity index (χ0v) is 13.8. The number of aliphatic hydroxyl groups excluding tert-OH is 1. The molecule has 1 aromatic carbocycles. The second-order valence-electron chi connectivity index (χ2n) is 4.77. The van der Waals surface area contributed by atoms with Crippen molar-refractivity contribution in [3.05, 3.63) is 58.2 Å². The summed E-state index contributed by atoms with van der Waals surface area (Å²) in [4.78, 5) is 2.16. The van der Waals surface area contributed by atoms with E-state index in [0.717, 1.165) is 16.9 Å². The van der Waals surface area contributed by atoms with Crippen LogP contribution in [0.2, 0.25) is 5.02 Å². The van der Waals surface area contributed by atoms with Gasteiger partial charge in [0, 0.05) is 0 Å². The van der Waals surface area contributed by atoms with Crippen molar-refractivity contribution in [2.75, 3.05) is 0 Å². The quantitative estimate of drug-likeness (QED) is 0.556. The first kappa shape index (κ1) is 13.9. The van der Waals surface area contributed by atoms with Crippen LogP contribution < -0.4 is 0 Å². The first-order chi connectivity index (χ1) is 10.8. The standard InChI is InChI=1S/C16H11ClN2O2Se/c17-11-3-1-2-4-12(11)19-13-7-8-22-16(13)15(18-19)14-6-5-10(9-20)21-14/h1-8,20H,9H2. The second kappa shape index (κ2) is 5.45. The van der Waals surface area contributed by atoms with Crippen LogP contribution in [-0.4, -0.2) is 29.4 Å². The summed E-state index contributed by atoms with van der Waals surface area (Å²) in [5, 5.41) is 14.5. The summed E-state index contributed by atoms with van der Waals surface area (Å²) < 4.78 is 8.68. The first-order valence-electron chi connectivity index (χ1n) is 6.69. The number of aliphatic hydroxyl groups is 1. The molecule has 0 spiro atoms. The van der Waals surface area contributed by atoms with Crippen molar-refractivity contribution in [3.63, 3.8) is 0 Å². The molecule has 0 atom stereocenters. The maximum atomic E-state index is 9.17. The molecule has 3 heterocycles. The van der Waals surface area contributed by atoms with Crippen LogP contribution in [0.25, 0.3) is 26.9 Å². The number of fused-ring (bicyclic) bond motifs is 1. The van der Waals surface area contributed by atoms with Crippen molar-refractivity contribution in [2.24, 2.45) is 0 Å². The van der Waals surface area contributed by atoms with E-state index in [1.807, 2.05) is 35.0 Å². The zero-order valence-electron chi connectivity index (χ0n) is 11.4. The minimum atomic E-state index is -0.114. The number of para-hydroxylation sites is 1. The molecular weight excluding hydrogens is 367 g/mol. The van der Waals surface area contributed by atoms with Crippen molar-refractivity contribution in [2.45, 2.75) is 6.61 Å². The van der Waals surface area contributed by atoms with Crippen LogP contribution in [0.1, 0.15) is 5.76 Å². The molecule has 22 heavy (non-hydrogen) atoms. The molecule has 0 aliphatic rings. The van der Waals surface area contributed by atoms with Crippen LogP contribution in [0.4, 0.5) is 0 Å². The van der Waals surface area contributed by atoms with E-state index in [1.54, 1.807) is 6.07 Å². The Labute approximate surface area is 137 Å². The van der Waals surface area contributed by atoms with E-state index in [-0.39, 0.29) is 21.1 Å². The van der Waals surface area contributed by atoms with Crippen LogP contribution in [0.3, 0.4) is 0 Å². The van der Waals surface area contributed by atoms with Crippen LogP contribution in [0, 0.1) is 0 Å². The third kappa shape index (κ3) is 2.14. The van der Waals surface area contributed by atoms with E-state index >= 15 is 0 Å². The van der Waals surface area contributed by atoms with Gasteiger partial charge < -0.3 is 0 Å². The molecule has 1 N–H and O–H groups in total. The zero-order chi connectivity index (χ0) is 15.1. The second-order valence-corrected chi connectivity index (χ2v) is 7.10. The molecule has 3 aromatic heterocycles. The molecule has 0 aliphatic heterocycles. The number of aromatic nitrogens is 2. The fourth-order valence-electron chi connectivity index (χ4n) is 2.40. The molecule has 0 fully saturated rings. The molecule has 4 aromatic rings. The molecule has 6 heteroatoms. The Morgan fingerprint density at radius 3 is 2.82 bits per heavy atom. The molecule has 0 aliphatic carbocycles. The van der Waals surface area contributed by atoms with Gasteiger partial charge in [-0.15, -0.1) is 0 Å². The fourth-order valence-corrected chi connectivity index (χ4v) is 4.43. The normalized spacial score (nSPS) is 11.4. The number of hydrogen-bond acceptors (Lipinski definition) is 3. The number of nitrogens with zero attached hydrogens (tertiary/aromatic N) is 2. The van der Waals surface area contributed by atoms with Gasteiger partial charge in [0.05, 0.1) is 0 Å². The van der Waals surface area contributed by atoms with Crippen LogP contribution in [0.15, 0.2) is 51.8 Å². The molecule has 110 valence electrons.